The topological polar surface area (TPSA) is 88.2 Å². The van der Waals surface area contributed by atoms with Crippen LogP contribution in [0.1, 0.15) is 18.4 Å². The first kappa shape index (κ1) is 12.3. The Kier molecular flexibility index (Phi) is 3.75. The minimum Gasteiger partial charge on any atom is -0.490 e. The Labute approximate surface area is 104 Å². The third-order valence-corrected chi connectivity index (χ3v) is 2.92. The first-order chi connectivity index (χ1) is 8.72. The van der Waals surface area contributed by atoms with Gasteiger partial charge in [0.25, 0.3) is 5.69 Å². The fourth-order valence-corrected chi connectivity index (χ4v) is 1.99. The van der Waals surface area contributed by atoms with E-state index in [1.165, 1.54) is 12.1 Å². The molecule has 1 heterocycles. The van der Waals surface area contributed by atoms with Gasteiger partial charge in [0.05, 0.1) is 4.92 Å². The number of nitro benzene ring substituents is 1. The summed E-state index contributed by atoms with van der Waals surface area (Å²) < 4.78 is 5.51. The van der Waals surface area contributed by atoms with Crippen molar-refractivity contribution in [3.05, 3.63) is 33.9 Å². The minimum atomic E-state index is -0.570. The molecule has 0 spiro atoms. The number of ether oxygens (including phenoxy) is 1. The highest BCUT2D eigenvalue weighted by Gasteiger charge is 2.20. The third kappa shape index (κ3) is 2.57. The third-order valence-electron chi connectivity index (χ3n) is 2.92. The van der Waals surface area contributed by atoms with Crippen LogP contribution in [0, 0.1) is 21.4 Å². The summed E-state index contributed by atoms with van der Waals surface area (Å²) in [5.74, 6) is 0.278. The van der Waals surface area contributed by atoms with Gasteiger partial charge in [-0.25, -0.2) is 0 Å². The molecule has 0 aliphatic carbocycles. The normalized spacial score (nSPS) is 18.3. The van der Waals surface area contributed by atoms with Gasteiger partial charge in [-0.2, -0.15) is 5.26 Å². The molecule has 0 radical (unpaired) electrons. The number of nitro groups is 1. The van der Waals surface area contributed by atoms with E-state index in [1.807, 2.05) is 6.07 Å². The van der Waals surface area contributed by atoms with Crippen molar-refractivity contribution in [2.75, 3.05) is 13.2 Å². The molecule has 2 rings (SSSR count). The van der Waals surface area contributed by atoms with Gasteiger partial charge in [-0.3, -0.25) is 10.1 Å². The van der Waals surface area contributed by atoms with E-state index in [-0.39, 0.29) is 23.0 Å². The molecule has 6 heteroatoms. The molecule has 1 saturated heterocycles. The Bertz CT molecular complexity index is 490. The van der Waals surface area contributed by atoms with Crippen LogP contribution in [0.25, 0.3) is 0 Å². The van der Waals surface area contributed by atoms with Crippen LogP contribution in [-0.2, 0) is 0 Å². The average Bonchev–Trinajstić information content (AvgIpc) is 2.88. The largest absolute Gasteiger partial charge is 0.490 e. The van der Waals surface area contributed by atoms with Gasteiger partial charge in [-0.1, -0.05) is 6.07 Å². The minimum absolute atomic E-state index is 0.0134. The van der Waals surface area contributed by atoms with Crippen LogP contribution < -0.4 is 10.1 Å². The fourth-order valence-electron chi connectivity index (χ4n) is 1.99. The maximum Gasteiger partial charge on any atom is 0.290 e. The molecule has 1 atom stereocenters. The highest BCUT2D eigenvalue weighted by Crippen LogP contribution is 2.27. The molecule has 1 N–H and O–H groups in total. The monoisotopic (exact) mass is 247 g/mol. The zero-order valence-electron chi connectivity index (χ0n) is 9.76. The van der Waals surface area contributed by atoms with E-state index in [1.54, 1.807) is 6.07 Å². The molecule has 0 aromatic heterocycles. The molecule has 1 aliphatic rings. The molecular formula is C12H13N3O3. The van der Waals surface area contributed by atoms with E-state index < -0.39 is 4.92 Å². The van der Waals surface area contributed by atoms with Crippen molar-refractivity contribution < 1.29 is 9.66 Å². The van der Waals surface area contributed by atoms with Crippen molar-refractivity contribution in [2.45, 2.75) is 18.9 Å². The van der Waals surface area contributed by atoms with Crippen LogP contribution in [0.15, 0.2) is 18.2 Å². The molecule has 1 aliphatic heterocycles. The quantitative estimate of drug-likeness (QED) is 0.644. The van der Waals surface area contributed by atoms with E-state index in [0.29, 0.717) is 6.61 Å². The van der Waals surface area contributed by atoms with Crippen LogP contribution in [0.2, 0.25) is 0 Å². The molecule has 0 bridgehead atoms. The van der Waals surface area contributed by atoms with E-state index in [4.69, 9.17) is 10.00 Å². The zero-order valence-corrected chi connectivity index (χ0v) is 9.76. The second kappa shape index (κ2) is 5.47. The molecule has 1 aromatic carbocycles. The summed E-state index contributed by atoms with van der Waals surface area (Å²) in [6, 6.07) is 6.51. The molecule has 0 amide bonds. The van der Waals surface area contributed by atoms with Gasteiger partial charge in [-0.05, 0) is 25.5 Å². The Morgan fingerprint density at radius 2 is 2.44 bits per heavy atom. The highest BCUT2D eigenvalue weighted by atomic mass is 16.6. The van der Waals surface area contributed by atoms with Crippen LogP contribution in [0.3, 0.4) is 0 Å². The first-order valence-corrected chi connectivity index (χ1v) is 5.76. The van der Waals surface area contributed by atoms with Gasteiger partial charge in [0.1, 0.15) is 18.4 Å². The Morgan fingerprint density at radius 3 is 3.06 bits per heavy atom. The van der Waals surface area contributed by atoms with Crippen molar-refractivity contribution in [2.24, 2.45) is 0 Å². The summed E-state index contributed by atoms with van der Waals surface area (Å²) in [6.45, 7) is 1.39. The second-order valence-electron chi connectivity index (χ2n) is 4.12. The summed E-state index contributed by atoms with van der Waals surface area (Å²) in [5.41, 5.74) is -0.227. The number of nitrogens with zero attached hydrogens (tertiary/aromatic N) is 2. The predicted octanol–water partition coefficient (Wildman–Crippen LogP) is 1.60. The van der Waals surface area contributed by atoms with Crippen LogP contribution in [-0.4, -0.2) is 24.1 Å². The Morgan fingerprint density at radius 1 is 1.61 bits per heavy atom. The van der Waals surface area contributed by atoms with Crippen molar-refractivity contribution >= 4 is 5.69 Å². The number of nitriles is 1. The second-order valence-corrected chi connectivity index (χ2v) is 4.12. The lowest BCUT2D eigenvalue weighted by atomic mass is 10.1. The lowest BCUT2D eigenvalue weighted by Gasteiger charge is -2.12. The van der Waals surface area contributed by atoms with Gasteiger partial charge in [0.15, 0.2) is 5.56 Å². The number of nitrogens with one attached hydrogen (secondary N) is 1. The van der Waals surface area contributed by atoms with Gasteiger partial charge in [0.2, 0.25) is 0 Å². The SMILES string of the molecule is N#Cc1c(OC[C@@H]2CCCN2)cccc1[N+](=O)[O-]. The predicted molar refractivity (Wildman–Crippen MR) is 64.3 cm³/mol. The zero-order chi connectivity index (χ0) is 13.0. The fraction of sp³-hybridized carbons (Fsp3) is 0.417. The van der Waals surface area contributed by atoms with Gasteiger partial charge >= 0.3 is 0 Å². The lowest BCUT2D eigenvalue weighted by Crippen LogP contribution is -2.28. The molecule has 6 nitrogen and oxygen atoms in total. The summed E-state index contributed by atoms with van der Waals surface area (Å²) in [6.07, 6.45) is 2.13. The molecule has 1 fully saturated rings. The number of benzene rings is 1. The van der Waals surface area contributed by atoms with Crippen molar-refractivity contribution in [3.8, 4) is 11.8 Å². The van der Waals surface area contributed by atoms with Crippen LogP contribution in [0.5, 0.6) is 5.75 Å². The van der Waals surface area contributed by atoms with E-state index in [2.05, 4.69) is 5.32 Å². The standard InChI is InChI=1S/C12H13N3O3/c13-7-10-11(15(16)17)4-1-5-12(10)18-8-9-3-2-6-14-9/h1,4-5,9,14H,2-3,6,8H2/t9-/m0/s1. The Hall–Kier alpha value is -2.13. The maximum atomic E-state index is 10.8. The number of rotatable bonds is 4. The van der Waals surface area contributed by atoms with E-state index in [0.717, 1.165) is 19.4 Å². The van der Waals surface area contributed by atoms with Crippen molar-refractivity contribution in [1.29, 1.82) is 5.26 Å². The molecule has 0 unspecified atom stereocenters. The van der Waals surface area contributed by atoms with Crippen LogP contribution in [0.4, 0.5) is 5.69 Å². The maximum absolute atomic E-state index is 10.8. The summed E-state index contributed by atoms with van der Waals surface area (Å²) >= 11 is 0. The highest BCUT2D eigenvalue weighted by molar-refractivity contribution is 5.56. The Balaban J connectivity index is 2.14. The summed E-state index contributed by atoms with van der Waals surface area (Å²) in [4.78, 5) is 10.2. The number of hydrogen-bond acceptors (Lipinski definition) is 5. The van der Waals surface area contributed by atoms with Crippen molar-refractivity contribution in [1.82, 2.24) is 5.32 Å². The van der Waals surface area contributed by atoms with Crippen molar-refractivity contribution in [3.63, 3.8) is 0 Å². The molecular weight excluding hydrogens is 234 g/mol. The molecule has 94 valence electrons. The number of hydrogen-bond donors (Lipinski definition) is 1. The molecule has 18 heavy (non-hydrogen) atoms. The first-order valence-electron chi connectivity index (χ1n) is 5.76. The average molecular weight is 247 g/mol. The van der Waals surface area contributed by atoms with Gasteiger partial charge in [-0.15, -0.1) is 0 Å². The molecule has 1 aromatic rings. The summed E-state index contributed by atoms with van der Waals surface area (Å²) in [5, 5.41) is 23.0. The van der Waals surface area contributed by atoms with Gasteiger partial charge in [0, 0.05) is 12.1 Å². The van der Waals surface area contributed by atoms with Gasteiger partial charge < -0.3 is 10.1 Å². The lowest BCUT2D eigenvalue weighted by molar-refractivity contribution is -0.385. The van der Waals surface area contributed by atoms with Crippen LogP contribution >= 0.6 is 0 Å². The molecule has 0 saturated carbocycles. The smallest absolute Gasteiger partial charge is 0.290 e. The summed E-state index contributed by atoms with van der Waals surface area (Å²) in [7, 11) is 0. The van der Waals surface area contributed by atoms with E-state index in [9.17, 15) is 10.1 Å². The van der Waals surface area contributed by atoms with E-state index >= 15 is 0 Å².